The van der Waals surface area contributed by atoms with Crippen LogP contribution in [0.3, 0.4) is 0 Å². The van der Waals surface area contributed by atoms with Crippen molar-refractivity contribution >= 4 is 29.3 Å². The average molecular weight is 395 g/mol. The van der Waals surface area contributed by atoms with E-state index in [1.807, 2.05) is 33.9 Å². The first kappa shape index (κ1) is 20.6. The second-order valence-electron chi connectivity index (χ2n) is 7.40. The van der Waals surface area contributed by atoms with Crippen LogP contribution in [0.5, 0.6) is 0 Å². The van der Waals surface area contributed by atoms with Gasteiger partial charge in [0.15, 0.2) is 5.65 Å². The number of fused-ring (bicyclic) bond motifs is 1. The lowest BCUT2D eigenvalue weighted by Gasteiger charge is -2.22. The van der Waals surface area contributed by atoms with Gasteiger partial charge in [0.1, 0.15) is 5.36 Å². The Hall–Kier alpha value is -3.09. The number of nitrogens with one attached hydrogen (secondary N) is 2. The zero-order chi connectivity index (χ0) is 21.3. The fraction of sp³-hybridized carbons (Fsp3) is 0.409. The van der Waals surface area contributed by atoms with Crippen molar-refractivity contribution in [3.8, 4) is 0 Å². The quantitative estimate of drug-likeness (QED) is 0.674. The summed E-state index contributed by atoms with van der Waals surface area (Å²) in [4.78, 5) is 24.7. The molecule has 0 spiro atoms. The Morgan fingerprint density at radius 2 is 2.00 bits per heavy atom. The molecule has 0 saturated heterocycles. The number of rotatable bonds is 6. The van der Waals surface area contributed by atoms with Crippen LogP contribution in [0, 0.1) is 6.92 Å². The van der Waals surface area contributed by atoms with Gasteiger partial charge < -0.3 is 10.2 Å². The maximum Gasteiger partial charge on any atom is 0.276 e. The SMILES string of the molecule is C=c1[nH]n2c(=O)c(C(C)C)c(C)nc2c1=Nc1ccc(N(CC)CC)cc1NC. The van der Waals surface area contributed by atoms with E-state index in [9.17, 15) is 4.79 Å². The highest BCUT2D eigenvalue weighted by molar-refractivity contribution is 5.72. The molecule has 0 aliphatic carbocycles. The Morgan fingerprint density at radius 3 is 2.59 bits per heavy atom. The third kappa shape index (κ3) is 3.64. The van der Waals surface area contributed by atoms with E-state index in [1.54, 1.807) is 0 Å². The van der Waals surface area contributed by atoms with Crippen molar-refractivity contribution in [2.45, 2.75) is 40.5 Å². The molecule has 0 fully saturated rings. The largest absolute Gasteiger partial charge is 0.386 e. The molecule has 29 heavy (non-hydrogen) atoms. The first-order valence-electron chi connectivity index (χ1n) is 10.1. The highest BCUT2D eigenvalue weighted by Crippen LogP contribution is 2.29. The normalized spacial score (nSPS) is 12.2. The molecule has 0 saturated carbocycles. The molecular formula is C22H30N6O. The average Bonchev–Trinajstić information content (AvgIpc) is 2.99. The van der Waals surface area contributed by atoms with Crippen LogP contribution < -0.4 is 26.5 Å². The van der Waals surface area contributed by atoms with Crippen LogP contribution in [0.4, 0.5) is 17.1 Å². The predicted octanol–water partition coefficient (Wildman–Crippen LogP) is 2.70. The zero-order valence-corrected chi connectivity index (χ0v) is 18.1. The second kappa shape index (κ2) is 8.11. The van der Waals surface area contributed by atoms with Gasteiger partial charge >= 0.3 is 0 Å². The fourth-order valence-corrected chi connectivity index (χ4v) is 3.74. The van der Waals surface area contributed by atoms with Gasteiger partial charge in [-0.3, -0.25) is 9.89 Å². The number of aromatic nitrogens is 3. The fourth-order valence-electron chi connectivity index (χ4n) is 3.74. The summed E-state index contributed by atoms with van der Waals surface area (Å²) in [7, 11) is 1.88. The van der Waals surface area contributed by atoms with E-state index in [0.29, 0.717) is 21.9 Å². The van der Waals surface area contributed by atoms with Gasteiger partial charge in [0.2, 0.25) is 0 Å². The van der Waals surface area contributed by atoms with Crippen molar-refractivity contribution in [3.63, 3.8) is 0 Å². The van der Waals surface area contributed by atoms with Crippen LogP contribution in [0.1, 0.15) is 44.9 Å². The van der Waals surface area contributed by atoms with Crippen molar-refractivity contribution in [1.29, 1.82) is 0 Å². The van der Waals surface area contributed by atoms with Gasteiger partial charge in [-0.25, -0.2) is 9.98 Å². The molecule has 0 aliphatic heterocycles. The van der Waals surface area contributed by atoms with Gasteiger partial charge in [-0.2, -0.15) is 4.52 Å². The van der Waals surface area contributed by atoms with E-state index in [2.05, 4.69) is 52.9 Å². The molecule has 0 radical (unpaired) electrons. The minimum absolute atomic E-state index is 0.0902. The molecule has 7 nitrogen and oxygen atoms in total. The topological polar surface area (TPSA) is 77.8 Å². The molecule has 0 unspecified atom stereocenters. The van der Waals surface area contributed by atoms with E-state index >= 15 is 0 Å². The predicted molar refractivity (Wildman–Crippen MR) is 120 cm³/mol. The van der Waals surface area contributed by atoms with Gasteiger partial charge in [0, 0.05) is 37.1 Å². The Morgan fingerprint density at radius 1 is 1.31 bits per heavy atom. The molecule has 1 aromatic carbocycles. The Labute approximate surface area is 170 Å². The summed E-state index contributed by atoms with van der Waals surface area (Å²) in [5, 5.41) is 7.39. The Balaban J connectivity index is 2.25. The number of nitrogens with zero attached hydrogens (tertiary/aromatic N) is 4. The molecule has 0 aliphatic rings. The van der Waals surface area contributed by atoms with Gasteiger partial charge in [-0.1, -0.05) is 20.4 Å². The monoisotopic (exact) mass is 394 g/mol. The number of aryl methyl sites for hydroxylation is 1. The van der Waals surface area contributed by atoms with E-state index in [-0.39, 0.29) is 11.5 Å². The summed E-state index contributed by atoms with van der Waals surface area (Å²) in [6, 6.07) is 6.13. The lowest BCUT2D eigenvalue weighted by atomic mass is 10.0. The third-order valence-electron chi connectivity index (χ3n) is 5.24. The molecule has 0 atom stereocenters. The Kier molecular flexibility index (Phi) is 5.77. The molecule has 2 N–H and O–H groups in total. The minimum Gasteiger partial charge on any atom is -0.386 e. The van der Waals surface area contributed by atoms with Crippen LogP contribution in [0.15, 0.2) is 28.0 Å². The first-order valence-corrected chi connectivity index (χ1v) is 10.1. The van der Waals surface area contributed by atoms with Crippen molar-refractivity contribution in [2.75, 3.05) is 30.4 Å². The summed E-state index contributed by atoms with van der Waals surface area (Å²) < 4.78 is 1.45. The van der Waals surface area contributed by atoms with Crippen molar-refractivity contribution < 1.29 is 0 Å². The van der Waals surface area contributed by atoms with Crippen molar-refractivity contribution in [1.82, 2.24) is 14.6 Å². The number of anilines is 2. The van der Waals surface area contributed by atoms with Crippen molar-refractivity contribution in [3.05, 3.63) is 50.5 Å². The lowest BCUT2D eigenvalue weighted by molar-refractivity contribution is 0.777. The van der Waals surface area contributed by atoms with E-state index < -0.39 is 0 Å². The molecular weight excluding hydrogens is 364 g/mol. The standard InChI is InChI=1S/C22H30N6O/c1-8-27(9-2)16-10-11-17(18(12-16)23-7)25-20-15(6)26-28-21(20)24-14(5)19(13(3)4)22(28)29/h10-13,23,26H,6,8-9H2,1-5,7H3. The summed E-state index contributed by atoms with van der Waals surface area (Å²) in [6.45, 7) is 16.1. The van der Waals surface area contributed by atoms with Crippen molar-refractivity contribution in [2.24, 2.45) is 4.99 Å². The van der Waals surface area contributed by atoms with Gasteiger partial charge in [-0.05, 0) is 44.9 Å². The number of benzene rings is 1. The highest BCUT2D eigenvalue weighted by atomic mass is 16.1. The van der Waals surface area contributed by atoms with E-state index in [0.717, 1.165) is 35.8 Å². The van der Waals surface area contributed by atoms with E-state index in [1.165, 1.54) is 4.52 Å². The van der Waals surface area contributed by atoms with Crippen LogP contribution >= 0.6 is 0 Å². The van der Waals surface area contributed by atoms with Crippen LogP contribution in [-0.4, -0.2) is 34.7 Å². The summed E-state index contributed by atoms with van der Waals surface area (Å²) in [5.74, 6) is 0.0902. The maximum absolute atomic E-state index is 12.9. The molecule has 7 heteroatoms. The number of aromatic amines is 1. The van der Waals surface area contributed by atoms with Crippen LogP contribution in [-0.2, 0) is 0 Å². The molecule has 3 aromatic rings. The second-order valence-corrected chi connectivity index (χ2v) is 7.40. The number of hydrogen-bond acceptors (Lipinski definition) is 5. The minimum atomic E-state index is -0.0976. The van der Waals surface area contributed by atoms with E-state index in [4.69, 9.17) is 4.99 Å². The van der Waals surface area contributed by atoms with Crippen LogP contribution in [0.2, 0.25) is 0 Å². The summed E-state index contributed by atoms with van der Waals surface area (Å²) >= 11 is 0. The highest BCUT2D eigenvalue weighted by Gasteiger charge is 2.16. The first-order chi connectivity index (χ1) is 13.8. The molecule has 0 bridgehead atoms. The molecule has 2 heterocycles. The van der Waals surface area contributed by atoms with Gasteiger partial charge in [0.25, 0.3) is 5.56 Å². The smallest absolute Gasteiger partial charge is 0.276 e. The molecule has 154 valence electrons. The lowest BCUT2D eigenvalue weighted by Crippen LogP contribution is -2.24. The third-order valence-corrected chi connectivity index (χ3v) is 5.24. The van der Waals surface area contributed by atoms with Gasteiger partial charge in [0.05, 0.1) is 16.7 Å². The molecule has 2 aromatic heterocycles. The zero-order valence-electron chi connectivity index (χ0n) is 18.1. The van der Waals surface area contributed by atoms with Gasteiger partial charge in [-0.15, -0.1) is 0 Å². The maximum atomic E-state index is 12.9. The summed E-state index contributed by atoms with van der Waals surface area (Å²) in [6.07, 6.45) is 0. The molecule has 3 rings (SSSR count). The number of hydrogen-bond donors (Lipinski definition) is 2. The summed E-state index contributed by atoms with van der Waals surface area (Å²) in [5.41, 5.74) is 4.65. The molecule has 0 amide bonds. The number of H-pyrrole nitrogens is 1. The van der Waals surface area contributed by atoms with Crippen LogP contribution in [0.25, 0.3) is 12.2 Å². The Bertz CT molecular complexity index is 1200.